The van der Waals surface area contributed by atoms with Gasteiger partial charge in [-0.2, -0.15) is 0 Å². The van der Waals surface area contributed by atoms with Gasteiger partial charge in [0.15, 0.2) is 0 Å². The van der Waals surface area contributed by atoms with Crippen molar-refractivity contribution in [3.8, 4) is 0 Å². The minimum Gasteiger partial charge on any atom is -0.478 e. The van der Waals surface area contributed by atoms with Crippen LogP contribution >= 0.6 is 0 Å². The van der Waals surface area contributed by atoms with Crippen molar-refractivity contribution in [2.45, 2.75) is 64.2 Å². The quantitative estimate of drug-likeness (QED) is 0.292. The van der Waals surface area contributed by atoms with Crippen LogP contribution in [-0.4, -0.2) is 35.4 Å². The number of carboxylic acids is 1. The van der Waals surface area contributed by atoms with E-state index in [1.807, 2.05) is 0 Å². The first kappa shape index (κ1) is 19.6. The normalized spacial score (nSPS) is 10.9. The van der Waals surface area contributed by atoms with Gasteiger partial charge in [-0.3, -0.25) is 0 Å². The third-order valence-corrected chi connectivity index (χ3v) is 3.16. The van der Waals surface area contributed by atoms with Gasteiger partial charge in [-0.15, -0.1) is 0 Å². The molecule has 0 amide bonds. The lowest BCUT2D eigenvalue weighted by atomic mass is 10.1. The van der Waals surface area contributed by atoms with Crippen LogP contribution in [0.5, 0.6) is 0 Å². The molecule has 0 bridgehead atoms. The third-order valence-electron chi connectivity index (χ3n) is 3.16. The van der Waals surface area contributed by atoms with Crippen molar-refractivity contribution in [3.63, 3.8) is 0 Å². The van der Waals surface area contributed by atoms with E-state index in [0.717, 1.165) is 44.3 Å². The van der Waals surface area contributed by atoms with E-state index in [-0.39, 0.29) is 0 Å². The number of hydrogen-bond donors (Lipinski definition) is 2. The highest BCUT2D eigenvalue weighted by Gasteiger charge is 1.98. The predicted octanol–water partition coefficient (Wildman–Crippen LogP) is 3.06. The smallest absolute Gasteiger partial charge is 0.331 e. The number of carboxylic acid groups (broad SMARTS) is 1. The number of carbonyl (C=O) groups is 2. The van der Waals surface area contributed by atoms with Crippen LogP contribution in [0.1, 0.15) is 64.2 Å². The molecule has 0 radical (unpaired) electrons. The van der Waals surface area contributed by atoms with E-state index >= 15 is 0 Å². The fourth-order valence-electron chi connectivity index (χ4n) is 1.99. The molecule has 0 aliphatic carbocycles. The lowest BCUT2D eigenvalue weighted by molar-refractivity contribution is -0.138. The first-order chi connectivity index (χ1) is 10.2. The Morgan fingerprint density at radius 3 is 1.71 bits per heavy atom. The van der Waals surface area contributed by atoms with Crippen molar-refractivity contribution in [1.29, 1.82) is 0 Å². The van der Waals surface area contributed by atoms with Crippen molar-refractivity contribution in [1.82, 2.24) is 0 Å². The fourth-order valence-corrected chi connectivity index (χ4v) is 1.99. The SMILES string of the molecule is O=C(O)/C=C\C(=O)OCCCCCCCCCCCCO. The van der Waals surface area contributed by atoms with Gasteiger partial charge in [0.2, 0.25) is 0 Å². The number of aliphatic hydroxyl groups is 1. The molecule has 0 aliphatic rings. The maximum atomic E-state index is 11.0. The topological polar surface area (TPSA) is 83.8 Å². The van der Waals surface area contributed by atoms with Crippen molar-refractivity contribution in [2.24, 2.45) is 0 Å². The molecule has 122 valence electrons. The monoisotopic (exact) mass is 300 g/mol. The lowest BCUT2D eigenvalue weighted by Crippen LogP contribution is -2.03. The zero-order chi connectivity index (χ0) is 15.8. The summed E-state index contributed by atoms with van der Waals surface area (Å²) >= 11 is 0. The van der Waals surface area contributed by atoms with Gasteiger partial charge in [0.05, 0.1) is 6.61 Å². The molecule has 0 spiro atoms. The Hall–Kier alpha value is -1.36. The summed E-state index contributed by atoms with van der Waals surface area (Å²) in [5, 5.41) is 17.0. The van der Waals surface area contributed by atoms with Crippen LogP contribution in [0.2, 0.25) is 0 Å². The van der Waals surface area contributed by atoms with Gasteiger partial charge < -0.3 is 14.9 Å². The standard InChI is InChI=1S/C16H28O5/c17-13-9-7-5-3-1-2-4-6-8-10-14-21-16(20)12-11-15(18)19/h11-12,17H,1-10,13-14H2,(H,18,19)/b12-11-. The van der Waals surface area contributed by atoms with Crippen LogP contribution in [0, 0.1) is 0 Å². The number of unbranched alkanes of at least 4 members (excludes halogenated alkanes) is 9. The number of aliphatic carboxylic acids is 1. The molecule has 0 unspecified atom stereocenters. The zero-order valence-electron chi connectivity index (χ0n) is 12.8. The second kappa shape index (κ2) is 15.0. The Labute approximate surface area is 127 Å². The number of rotatable bonds is 14. The van der Waals surface area contributed by atoms with Gasteiger partial charge in [-0.05, 0) is 12.8 Å². The molecule has 0 saturated heterocycles. The molecule has 0 saturated carbocycles. The summed E-state index contributed by atoms with van der Waals surface area (Å²) in [5.74, 6) is -1.75. The third kappa shape index (κ3) is 16.6. The fraction of sp³-hybridized carbons (Fsp3) is 0.750. The van der Waals surface area contributed by atoms with Gasteiger partial charge in [-0.25, -0.2) is 9.59 Å². The molecule has 0 aromatic heterocycles. The van der Waals surface area contributed by atoms with E-state index in [9.17, 15) is 9.59 Å². The maximum absolute atomic E-state index is 11.0. The van der Waals surface area contributed by atoms with Gasteiger partial charge >= 0.3 is 11.9 Å². The molecule has 0 atom stereocenters. The summed E-state index contributed by atoms with van der Waals surface area (Å²) < 4.78 is 4.87. The average Bonchev–Trinajstić information content (AvgIpc) is 2.46. The summed E-state index contributed by atoms with van der Waals surface area (Å²) in [7, 11) is 0. The maximum Gasteiger partial charge on any atom is 0.331 e. The minimum atomic E-state index is -1.15. The first-order valence-electron chi connectivity index (χ1n) is 7.85. The van der Waals surface area contributed by atoms with Crippen molar-refractivity contribution >= 4 is 11.9 Å². The van der Waals surface area contributed by atoms with E-state index in [2.05, 4.69) is 0 Å². The molecule has 2 N–H and O–H groups in total. The highest BCUT2D eigenvalue weighted by atomic mass is 16.5. The molecular weight excluding hydrogens is 272 g/mol. The highest BCUT2D eigenvalue weighted by molar-refractivity contribution is 5.90. The lowest BCUT2D eigenvalue weighted by Gasteiger charge is -2.03. The average molecular weight is 300 g/mol. The van der Waals surface area contributed by atoms with Gasteiger partial charge in [0.25, 0.3) is 0 Å². The van der Waals surface area contributed by atoms with Gasteiger partial charge in [0, 0.05) is 18.8 Å². The molecule has 0 rings (SSSR count). The summed E-state index contributed by atoms with van der Waals surface area (Å²) in [6.07, 6.45) is 12.9. The zero-order valence-corrected chi connectivity index (χ0v) is 12.8. The van der Waals surface area contributed by atoms with Crippen LogP contribution in [0.4, 0.5) is 0 Å². The van der Waals surface area contributed by atoms with E-state index in [1.54, 1.807) is 0 Å². The number of aliphatic hydroxyl groups excluding tert-OH is 1. The summed E-state index contributed by atoms with van der Waals surface area (Å²) in [4.78, 5) is 21.2. The van der Waals surface area contributed by atoms with Crippen molar-refractivity contribution < 1.29 is 24.5 Å². The van der Waals surface area contributed by atoms with Gasteiger partial charge in [-0.1, -0.05) is 51.4 Å². The summed E-state index contributed by atoms with van der Waals surface area (Å²) in [5.41, 5.74) is 0. The highest BCUT2D eigenvalue weighted by Crippen LogP contribution is 2.10. The Balaban J connectivity index is 3.19. The van der Waals surface area contributed by atoms with E-state index < -0.39 is 11.9 Å². The molecule has 5 nitrogen and oxygen atoms in total. The molecule has 0 heterocycles. The Bertz CT molecular complexity index is 299. The van der Waals surface area contributed by atoms with Gasteiger partial charge in [0.1, 0.15) is 0 Å². The van der Waals surface area contributed by atoms with Crippen LogP contribution in [-0.2, 0) is 14.3 Å². The molecular formula is C16H28O5. The second-order valence-corrected chi connectivity index (χ2v) is 5.10. The van der Waals surface area contributed by atoms with Crippen molar-refractivity contribution in [3.05, 3.63) is 12.2 Å². The Morgan fingerprint density at radius 1 is 0.762 bits per heavy atom. The Morgan fingerprint density at radius 2 is 1.24 bits per heavy atom. The van der Waals surface area contributed by atoms with Crippen LogP contribution < -0.4 is 0 Å². The van der Waals surface area contributed by atoms with Crippen LogP contribution in [0.15, 0.2) is 12.2 Å². The van der Waals surface area contributed by atoms with Crippen LogP contribution in [0.25, 0.3) is 0 Å². The van der Waals surface area contributed by atoms with E-state index in [4.69, 9.17) is 14.9 Å². The number of carbonyl (C=O) groups excluding carboxylic acids is 1. The summed E-state index contributed by atoms with van der Waals surface area (Å²) in [6.45, 7) is 0.653. The number of hydrogen-bond acceptors (Lipinski definition) is 4. The molecule has 0 fully saturated rings. The van der Waals surface area contributed by atoms with Crippen LogP contribution in [0.3, 0.4) is 0 Å². The second-order valence-electron chi connectivity index (χ2n) is 5.10. The predicted molar refractivity (Wildman–Crippen MR) is 81.0 cm³/mol. The molecule has 5 heteroatoms. The molecule has 0 aliphatic heterocycles. The van der Waals surface area contributed by atoms with E-state index in [0.29, 0.717) is 13.2 Å². The summed E-state index contributed by atoms with van der Waals surface area (Å²) in [6, 6.07) is 0. The molecule has 21 heavy (non-hydrogen) atoms. The first-order valence-corrected chi connectivity index (χ1v) is 7.85. The van der Waals surface area contributed by atoms with Crippen molar-refractivity contribution in [2.75, 3.05) is 13.2 Å². The molecule has 0 aromatic carbocycles. The van der Waals surface area contributed by atoms with E-state index in [1.165, 1.54) is 32.1 Å². The Kier molecular flexibility index (Phi) is 14.1. The molecule has 0 aromatic rings. The number of esters is 1. The largest absolute Gasteiger partial charge is 0.478 e. The number of ether oxygens (including phenoxy) is 1. The minimum absolute atomic E-state index is 0.302.